The monoisotopic (exact) mass is 197 g/mol. The van der Waals surface area contributed by atoms with Gasteiger partial charge in [-0.3, -0.25) is 4.79 Å². The zero-order valence-corrected chi connectivity index (χ0v) is 8.74. The minimum Gasteiger partial charge on any atom is -0.458 e. The molecule has 4 heteroatoms. The number of Topliss-reactive ketones (excluding diaryl/α,β-unsaturated/α-hetero) is 1. The maximum absolute atomic E-state index is 11.3. The Balaban J connectivity index is 4.58. The Labute approximate surface area is 83.8 Å². The second kappa shape index (κ2) is 5.96. The predicted molar refractivity (Wildman–Crippen MR) is 53.6 cm³/mol. The van der Waals surface area contributed by atoms with Crippen molar-refractivity contribution in [3.63, 3.8) is 0 Å². The summed E-state index contributed by atoms with van der Waals surface area (Å²) in [4.78, 5) is 24.0. The molecular formula is C10H15NO3. The summed E-state index contributed by atoms with van der Waals surface area (Å²) in [5.74, 6) is -0.932. The number of carbonyl (C=O) groups is 2. The molecule has 14 heavy (non-hydrogen) atoms. The topological polar surface area (TPSA) is 46.6 Å². The van der Waals surface area contributed by atoms with Gasteiger partial charge >= 0.3 is 5.97 Å². The van der Waals surface area contributed by atoms with Crippen LogP contribution < -0.4 is 0 Å². The van der Waals surface area contributed by atoms with Crippen LogP contribution in [-0.4, -0.2) is 37.4 Å². The normalized spacial score (nSPS) is 10.6. The van der Waals surface area contributed by atoms with Gasteiger partial charge in [0.2, 0.25) is 0 Å². The number of esters is 1. The first-order valence-corrected chi connectivity index (χ1v) is 4.16. The molecule has 0 amide bonds. The lowest BCUT2D eigenvalue weighted by Crippen LogP contribution is -2.17. The molecule has 0 aliphatic rings. The highest BCUT2D eigenvalue weighted by atomic mass is 16.5. The number of hydrogen-bond acceptors (Lipinski definition) is 4. The number of ether oxygens (including phenoxy) is 1. The van der Waals surface area contributed by atoms with Crippen LogP contribution in [0.5, 0.6) is 0 Å². The van der Waals surface area contributed by atoms with E-state index in [0.717, 1.165) is 0 Å². The highest BCUT2D eigenvalue weighted by Gasteiger charge is 2.15. The van der Waals surface area contributed by atoms with E-state index in [4.69, 9.17) is 4.74 Å². The molecular weight excluding hydrogens is 182 g/mol. The average molecular weight is 197 g/mol. The number of rotatable bonds is 5. The summed E-state index contributed by atoms with van der Waals surface area (Å²) in [7, 11) is 3.45. The van der Waals surface area contributed by atoms with Crippen molar-refractivity contribution in [2.75, 3.05) is 20.7 Å². The SMILES string of the molecule is C=CCOC(=O)C(=CN(C)C)C(C)=O. The van der Waals surface area contributed by atoms with E-state index in [9.17, 15) is 9.59 Å². The van der Waals surface area contributed by atoms with Gasteiger partial charge < -0.3 is 9.64 Å². The van der Waals surface area contributed by atoms with E-state index in [1.807, 2.05) is 0 Å². The number of hydrogen-bond donors (Lipinski definition) is 0. The third kappa shape index (κ3) is 4.45. The van der Waals surface area contributed by atoms with E-state index in [-0.39, 0.29) is 18.0 Å². The van der Waals surface area contributed by atoms with Gasteiger partial charge in [0, 0.05) is 20.3 Å². The van der Waals surface area contributed by atoms with Crippen molar-refractivity contribution >= 4 is 11.8 Å². The third-order valence-electron chi connectivity index (χ3n) is 1.32. The molecule has 78 valence electrons. The lowest BCUT2D eigenvalue weighted by atomic mass is 10.2. The van der Waals surface area contributed by atoms with Gasteiger partial charge in [-0.15, -0.1) is 0 Å². The van der Waals surface area contributed by atoms with Crippen LogP contribution >= 0.6 is 0 Å². The van der Waals surface area contributed by atoms with Crippen LogP contribution in [0.2, 0.25) is 0 Å². The molecule has 4 nitrogen and oxygen atoms in total. The first-order valence-electron chi connectivity index (χ1n) is 4.16. The van der Waals surface area contributed by atoms with Crippen LogP contribution in [0, 0.1) is 0 Å². The van der Waals surface area contributed by atoms with E-state index in [1.54, 1.807) is 19.0 Å². The average Bonchev–Trinajstić information content (AvgIpc) is 2.09. The molecule has 0 saturated heterocycles. The van der Waals surface area contributed by atoms with Gasteiger partial charge in [0.1, 0.15) is 12.2 Å². The standard InChI is InChI=1S/C10H15NO3/c1-5-6-14-10(13)9(8(2)12)7-11(3)4/h5,7H,1,6H2,2-4H3. The van der Waals surface area contributed by atoms with E-state index >= 15 is 0 Å². The zero-order valence-electron chi connectivity index (χ0n) is 8.74. The van der Waals surface area contributed by atoms with Gasteiger partial charge in [-0.25, -0.2) is 4.79 Å². The van der Waals surface area contributed by atoms with E-state index < -0.39 is 5.97 Å². The molecule has 0 aromatic rings. The molecule has 0 unspecified atom stereocenters. The highest BCUT2D eigenvalue weighted by Crippen LogP contribution is 2.01. The molecule has 0 rings (SSSR count). The second-order valence-corrected chi connectivity index (χ2v) is 2.95. The molecule has 0 heterocycles. The molecule has 0 aromatic carbocycles. The van der Waals surface area contributed by atoms with Crippen molar-refractivity contribution in [2.24, 2.45) is 0 Å². The summed E-state index contributed by atoms with van der Waals surface area (Å²) >= 11 is 0. The van der Waals surface area contributed by atoms with Crippen molar-refractivity contribution in [2.45, 2.75) is 6.92 Å². The lowest BCUT2D eigenvalue weighted by Gasteiger charge is -2.08. The summed E-state index contributed by atoms with van der Waals surface area (Å²) < 4.78 is 4.74. The fourth-order valence-corrected chi connectivity index (χ4v) is 0.758. The minimum absolute atomic E-state index is 0.0388. The summed E-state index contributed by atoms with van der Waals surface area (Å²) in [5.41, 5.74) is 0.0388. The summed E-state index contributed by atoms with van der Waals surface area (Å²) in [6, 6.07) is 0. The molecule has 0 saturated carbocycles. The number of nitrogens with zero attached hydrogens (tertiary/aromatic N) is 1. The molecule has 0 spiro atoms. The maximum Gasteiger partial charge on any atom is 0.343 e. The predicted octanol–water partition coefficient (Wildman–Crippen LogP) is 0.750. The smallest absolute Gasteiger partial charge is 0.343 e. The van der Waals surface area contributed by atoms with E-state index in [1.165, 1.54) is 19.2 Å². The van der Waals surface area contributed by atoms with Crippen molar-refractivity contribution in [1.82, 2.24) is 4.90 Å². The van der Waals surface area contributed by atoms with Crippen molar-refractivity contribution in [3.8, 4) is 0 Å². The van der Waals surface area contributed by atoms with Gasteiger partial charge in [0.25, 0.3) is 0 Å². The lowest BCUT2D eigenvalue weighted by molar-refractivity contribution is -0.139. The van der Waals surface area contributed by atoms with Crippen molar-refractivity contribution < 1.29 is 14.3 Å². The fourth-order valence-electron chi connectivity index (χ4n) is 0.758. The van der Waals surface area contributed by atoms with Gasteiger partial charge in [0.15, 0.2) is 5.78 Å². The fraction of sp³-hybridized carbons (Fsp3) is 0.400. The van der Waals surface area contributed by atoms with E-state index in [0.29, 0.717) is 0 Å². The highest BCUT2D eigenvalue weighted by molar-refractivity contribution is 6.16. The Morgan fingerprint density at radius 3 is 2.36 bits per heavy atom. The number of ketones is 1. The Kier molecular flexibility index (Phi) is 5.29. The Morgan fingerprint density at radius 2 is 2.00 bits per heavy atom. The molecule has 0 aliphatic carbocycles. The van der Waals surface area contributed by atoms with Crippen LogP contribution in [0.4, 0.5) is 0 Å². The first kappa shape index (κ1) is 12.4. The molecule has 0 aliphatic heterocycles. The molecule has 0 aromatic heterocycles. The second-order valence-electron chi connectivity index (χ2n) is 2.95. The molecule has 0 atom stereocenters. The van der Waals surface area contributed by atoms with Crippen LogP contribution in [0.1, 0.15) is 6.92 Å². The van der Waals surface area contributed by atoms with Crippen LogP contribution in [0.3, 0.4) is 0 Å². The number of carbonyl (C=O) groups excluding carboxylic acids is 2. The Morgan fingerprint density at radius 1 is 1.43 bits per heavy atom. The summed E-state index contributed by atoms with van der Waals surface area (Å²) in [6.45, 7) is 4.84. The van der Waals surface area contributed by atoms with Gasteiger partial charge in [-0.05, 0) is 6.92 Å². The van der Waals surface area contributed by atoms with Crippen LogP contribution in [-0.2, 0) is 14.3 Å². The molecule has 0 bridgehead atoms. The Hall–Kier alpha value is -1.58. The Bertz CT molecular complexity index is 267. The van der Waals surface area contributed by atoms with E-state index in [2.05, 4.69) is 6.58 Å². The largest absolute Gasteiger partial charge is 0.458 e. The van der Waals surface area contributed by atoms with Gasteiger partial charge in [-0.2, -0.15) is 0 Å². The molecule has 0 N–H and O–H groups in total. The minimum atomic E-state index is -0.619. The zero-order chi connectivity index (χ0) is 11.1. The van der Waals surface area contributed by atoms with Crippen molar-refractivity contribution in [1.29, 1.82) is 0 Å². The molecule has 0 radical (unpaired) electrons. The molecule has 0 fully saturated rings. The van der Waals surface area contributed by atoms with Crippen LogP contribution in [0.15, 0.2) is 24.4 Å². The maximum atomic E-state index is 11.3. The van der Waals surface area contributed by atoms with Gasteiger partial charge in [-0.1, -0.05) is 12.7 Å². The summed E-state index contributed by atoms with van der Waals surface area (Å²) in [6.07, 6.45) is 2.89. The van der Waals surface area contributed by atoms with Crippen LogP contribution in [0.25, 0.3) is 0 Å². The first-order chi connectivity index (χ1) is 6.49. The third-order valence-corrected chi connectivity index (χ3v) is 1.32. The van der Waals surface area contributed by atoms with Crippen molar-refractivity contribution in [3.05, 3.63) is 24.4 Å². The van der Waals surface area contributed by atoms with Gasteiger partial charge in [0.05, 0.1) is 0 Å². The summed E-state index contributed by atoms with van der Waals surface area (Å²) in [5, 5.41) is 0. The quantitative estimate of drug-likeness (QED) is 0.214.